The predicted octanol–water partition coefficient (Wildman–Crippen LogP) is 2.28. The molecule has 0 spiro atoms. The fourth-order valence-electron chi connectivity index (χ4n) is 4.52. The van der Waals surface area contributed by atoms with Crippen molar-refractivity contribution < 1.29 is 19.5 Å². The summed E-state index contributed by atoms with van der Waals surface area (Å²) in [5, 5.41) is 11.1. The number of amides is 2. The lowest BCUT2D eigenvalue weighted by molar-refractivity contribution is -0.167. The van der Waals surface area contributed by atoms with Gasteiger partial charge in [0.1, 0.15) is 0 Å². The van der Waals surface area contributed by atoms with Crippen LogP contribution in [0.2, 0.25) is 0 Å². The number of rotatable bonds is 15. The largest absolute Gasteiger partial charge is 0.479 e. The molecule has 1 fully saturated rings. The molecule has 0 bridgehead atoms. The molecular formula is C24H49N7O4. The number of nitrogens with two attached hydrogens (primary N) is 4. The van der Waals surface area contributed by atoms with Crippen LogP contribution in [0, 0.1) is 5.92 Å². The van der Waals surface area contributed by atoms with Crippen LogP contribution in [-0.4, -0.2) is 45.9 Å². The van der Waals surface area contributed by atoms with Gasteiger partial charge in [0, 0.05) is 19.4 Å². The Hall–Kier alpha value is -2.40. The molecule has 0 aliphatic heterocycles. The first-order valence-electron chi connectivity index (χ1n) is 13.0. The summed E-state index contributed by atoms with van der Waals surface area (Å²) in [5.74, 6) is 9.46. The molecule has 204 valence electrons. The van der Waals surface area contributed by atoms with E-state index < -0.39 is 11.5 Å². The monoisotopic (exact) mass is 499 g/mol. The van der Waals surface area contributed by atoms with Crippen LogP contribution >= 0.6 is 0 Å². The third kappa shape index (κ3) is 12.2. The zero-order valence-electron chi connectivity index (χ0n) is 21.8. The van der Waals surface area contributed by atoms with Gasteiger partial charge in [-0.2, -0.15) is 0 Å². The first-order chi connectivity index (χ1) is 16.7. The van der Waals surface area contributed by atoms with Gasteiger partial charge in [-0.15, -0.1) is 0 Å². The summed E-state index contributed by atoms with van der Waals surface area (Å²) < 4.78 is 0. The topological polar surface area (TPSA) is 203 Å². The molecule has 0 aromatic rings. The first-order valence-corrected chi connectivity index (χ1v) is 13.0. The number of aliphatic carboxylic acids is 1. The number of hydrazine groups is 2. The Labute approximate surface area is 210 Å². The molecule has 35 heavy (non-hydrogen) atoms. The van der Waals surface area contributed by atoms with Crippen LogP contribution in [0.4, 0.5) is 0 Å². The van der Waals surface area contributed by atoms with Crippen molar-refractivity contribution in [1.29, 1.82) is 0 Å². The minimum Gasteiger partial charge on any atom is -0.479 e. The van der Waals surface area contributed by atoms with Gasteiger partial charge >= 0.3 is 5.97 Å². The number of carbonyl (C=O) groups is 3. The maximum absolute atomic E-state index is 12.6. The highest BCUT2D eigenvalue weighted by atomic mass is 16.4. The average Bonchev–Trinajstić information content (AvgIpc) is 2.84. The van der Waals surface area contributed by atoms with Crippen LogP contribution in [0.1, 0.15) is 110 Å². The van der Waals surface area contributed by atoms with E-state index in [0.29, 0.717) is 19.4 Å². The van der Waals surface area contributed by atoms with Crippen molar-refractivity contribution in [2.24, 2.45) is 34.1 Å². The van der Waals surface area contributed by atoms with Gasteiger partial charge < -0.3 is 16.6 Å². The number of unbranched alkanes of at least 4 members (excludes halogenated alkanes) is 4. The van der Waals surface area contributed by atoms with Crippen molar-refractivity contribution in [2.75, 3.05) is 6.54 Å². The van der Waals surface area contributed by atoms with Crippen LogP contribution in [0.25, 0.3) is 0 Å². The third-order valence-corrected chi connectivity index (χ3v) is 6.52. The fourth-order valence-corrected chi connectivity index (χ4v) is 4.52. The summed E-state index contributed by atoms with van der Waals surface area (Å²) in [6, 6.07) is 0. The second kappa shape index (κ2) is 18.9. The lowest BCUT2D eigenvalue weighted by atomic mass is 9.71. The molecule has 2 amide bonds. The number of carbonyl (C=O) groups excluding carboxylic acids is 2. The number of nitrogens with zero attached hydrogens (tertiary/aromatic N) is 2. The van der Waals surface area contributed by atoms with Gasteiger partial charge in [-0.3, -0.25) is 25.0 Å². The lowest BCUT2D eigenvalue weighted by Crippen LogP contribution is -2.64. The highest BCUT2D eigenvalue weighted by Crippen LogP contribution is 2.39. The SMILES string of the molecule is CCCCCC(=O)N(N)C(CCCN=C(N)N)(C(=O)O)C1CCCCC1.CCCCCC(=O)NN. The molecule has 0 heterocycles. The lowest BCUT2D eigenvalue weighted by Gasteiger charge is -2.45. The standard InChI is InChI=1S/C18H35N5O3.C6H14N2O/c1-2-3-5-11-15(24)23(21)18(16(25)26,12-8-13-22-17(19)20)14-9-6-4-7-10-14;1-2-3-4-5-6(9)8-7/h14H,2-13,21H2,1H3,(H,25,26)(H4,19,20,22);2-5,7H2,1H3,(H,8,9). The Kier molecular flexibility index (Phi) is 17.6. The molecule has 1 atom stereocenters. The zero-order valence-corrected chi connectivity index (χ0v) is 21.8. The van der Waals surface area contributed by atoms with Crippen LogP contribution in [0.15, 0.2) is 4.99 Å². The van der Waals surface area contributed by atoms with Gasteiger partial charge in [0.15, 0.2) is 11.5 Å². The molecule has 1 aliphatic carbocycles. The van der Waals surface area contributed by atoms with Crippen molar-refractivity contribution >= 4 is 23.7 Å². The molecule has 1 aliphatic rings. The van der Waals surface area contributed by atoms with Gasteiger partial charge in [-0.05, 0) is 44.4 Å². The van der Waals surface area contributed by atoms with Crippen molar-refractivity contribution in [1.82, 2.24) is 10.4 Å². The Morgan fingerprint density at radius 1 is 0.971 bits per heavy atom. The van der Waals surface area contributed by atoms with E-state index in [1.807, 2.05) is 0 Å². The molecule has 1 rings (SSSR count). The average molecular weight is 500 g/mol. The van der Waals surface area contributed by atoms with Crippen LogP contribution in [0.5, 0.6) is 0 Å². The highest BCUT2D eigenvalue weighted by Gasteiger charge is 2.51. The Balaban J connectivity index is 0.00000109. The van der Waals surface area contributed by atoms with Crippen LogP contribution in [-0.2, 0) is 14.4 Å². The minimum absolute atomic E-state index is 0.0242. The van der Waals surface area contributed by atoms with Crippen LogP contribution < -0.4 is 28.6 Å². The van der Waals surface area contributed by atoms with Gasteiger partial charge in [0.2, 0.25) is 11.8 Å². The quantitative estimate of drug-likeness (QED) is 0.0491. The number of carboxylic acid groups (broad SMARTS) is 1. The van der Waals surface area contributed by atoms with E-state index in [2.05, 4.69) is 24.3 Å². The molecule has 0 aromatic carbocycles. The maximum Gasteiger partial charge on any atom is 0.331 e. The number of carboxylic acids is 1. The normalized spacial score (nSPS) is 15.2. The van der Waals surface area contributed by atoms with Crippen molar-refractivity contribution in [3.63, 3.8) is 0 Å². The van der Waals surface area contributed by atoms with E-state index >= 15 is 0 Å². The molecule has 11 heteroatoms. The minimum atomic E-state index is -1.39. The van der Waals surface area contributed by atoms with Gasteiger partial charge in [0.05, 0.1) is 0 Å². The van der Waals surface area contributed by atoms with Gasteiger partial charge in [-0.1, -0.05) is 58.8 Å². The molecule has 11 nitrogen and oxygen atoms in total. The molecule has 0 aromatic heterocycles. The molecule has 1 unspecified atom stereocenters. The molecule has 10 N–H and O–H groups in total. The summed E-state index contributed by atoms with van der Waals surface area (Å²) in [4.78, 5) is 39.4. The van der Waals surface area contributed by atoms with Gasteiger partial charge in [0.25, 0.3) is 0 Å². The number of guanidine groups is 1. The Morgan fingerprint density at radius 3 is 2.03 bits per heavy atom. The summed E-state index contributed by atoms with van der Waals surface area (Å²) in [6.45, 7) is 4.47. The molecule has 0 radical (unpaired) electrons. The second-order valence-corrected chi connectivity index (χ2v) is 9.22. The Morgan fingerprint density at radius 2 is 1.54 bits per heavy atom. The number of aliphatic imine (C=N–C) groups is 1. The fraction of sp³-hybridized carbons (Fsp3) is 0.833. The van der Waals surface area contributed by atoms with E-state index in [-0.39, 0.29) is 36.5 Å². The number of hydrogen-bond acceptors (Lipinski definition) is 6. The van der Waals surface area contributed by atoms with E-state index in [4.69, 9.17) is 23.2 Å². The third-order valence-electron chi connectivity index (χ3n) is 6.52. The molecule has 0 saturated heterocycles. The van der Waals surface area contributed by atoms with Crippen molar-refractivity contribution in [3.8, 4) is 0 Å². The van der Waals surface area contributed by atoms with Crippen molar-refractivity contribution in [2.45, 2.75) is 116 Å². The molecular weight excluding hydrogens is 450 g/mol. The Bertz CT molecular complexity index is 650. The van der Waals surface area contributed by atoms with Crippen molar-refractivity contribution in [3.05, 3.63) is 0 Å². The second-order valence-electron chi connectivity index (χ2n) is 9.22. The summed E-state index contributed by atoms with van der Waals surface area (Å²) in [6.07, 6.45) is 11.9. The summed E-state index contributed by atoms with van der Waals surface area (Å²) in [7, 11) is 0. The highest BCUT2D eigenvalue weighted by molar-refractivity contribution is 5.87. The smallest absolute Gasteiger partial charge is 0.331 e. The zero-order chi connectivity index (χ0) is 26.7. The van der Waals surface area contributed by atoms with E-state index in [9.17, 15) is 19.5 Å². The maximum atomic E-state index is 12.6. The summed E-state index contributed by atoms with van der Waals surface area (Å²) in [5.41, 5.74) is 11.4. The number of hydrogen-bond donors (Lipinski definition) is 6. The summed E-state index contributed by atoms with van der Waals surface area (Å²) >= 11 is 0. The number of nitrogens with one attached hydrogen (secondary N) is 1. The van der Waals surface area contributed by atoms with Crippen LogP contribution in [0.3, 0.4) is 0 Å². The predicted molar refractivity (Wildman–Crippen MR) is 139 cm³/mol. The van der Waals surface area contributed by atoms with Gasteiger partial charge in [-0.25, -0.2) is 16.5 Å². The van der Waals surface area contributed by atoms with E-state index in [1.165, 1.54) is 0 Å². The van der Waals surface area contributed by atoms with E-state index in [0.717, 1.165) is 75.6 Å². The first kappa shape index (κ1) is 32.6. The van der Waals surface area contributed by atoms with E-state index in [1.54, 1.807) is 0 Å². The molecule has 1 saturated carbocycles.